The molecule has 4 nitrogen and oxygen atoms in total. The predicted octanol–water partition coefficient (Wildman–Crippen LogP) is 9.96. The van der Waals surface area contributed by atoms with Crippen LogP contribution in [0.15, 0.2) is 60.6 Å². The Morgan fingerprint density at radius 1 is 0.977 bits per heavy atom. The first-order valence-corrected chi connectivity index (χ1v) is 15.7. The largest absolute Gasteiger partial charge is 0.512 e. The van der Waals surface area contributed by atoms with Gasteiger partial charge in [0.1, 0.15) is 0 Å². The summed E-state index contributed by atoms with van der Waals surface area (Å²) in [4.78, 5) is 21.2. The summed E-state index contributed by atoms with van der Waals surface area (Å²) in [5.41, 5.74) is 7.05. The molecule has 2 aromatic carbocycles. The summed E-state index contributed by atoms with van der Waals surface area (Å²) < 4.78 is 0. The van der Waals surface area contributed by atoms with Crippen LogP contribution in [0.3, 0.4) is 0 Å². The second-order valence-corrected chi connectivity index (χ2v) is 12.6. The van der Waals surface area contributed by atoms with E-state index in [1.807, 2.05) is 33.9 Å². The van der Waals surface area contributed by atoms with Crippen LogP contribution in [0, 0.1) is 23.8 Å². The van der Waals surface area contributed by atoms with Gasteiger partial charge in [-0.05, 0) is 77.7 Å². The molecule has 0 aliphatic heterocycles. The number of carbonyl (C=O) groups excluding carboxylic acids is 1. The summed E-state index contributed by atoms with van der Waals surface area (Å²) in [6.45, 7) is 17.2. The fraction of sp³-hybridized carbons (Fsp3) is 0.447. The minimum atomic E-state index is -0.137. The maximum Gasteiger partial charge on any atom is 0.162 e. The number of nitrogens with zero attached hydrogens (tertiary/aromatic N) is 2. The average molecular weight is 756 g/mol. The van der Waals surface area contributed by atoms with Crippen LogP contribution >= 0.6 is 0 Å². The van der Waals surface area contributed by atoms with E-state index in [1.54, 1.807) is 6.20 Å². The van der Waals surface area contributed by atoms with Gasteiger partial charge in [-0.3, -0.25) is 9.78 Å². The van der Waals surface area contributed by atoms with Crippen molar-refractivity contribution in [3.63, 3.8) is 0 Å². The van der Waals surface area contributed by atoms with Crippen LogP contribution in [0.5, 0.6) is 0 Å². The number of hydrogen-bond acceptors (Lipinski definition) is 4. The number of carbonyl (C=O) groups is 1. The quantitative estimate of drug-likeness (QED) is 0.105. The van der Waals surface area contributed by atoms with E-state index in [2.05, 4.69) is 75.1 Å². The van der Waals surface area contributed by atoms with Crippen LogP contribution in [-0.2, 0) is 36.7 Å². The van der Waals surface area contributed by atoms with Crippen LogP contribution in [0.2, 0.25) is 0 Å². The standard InChI is InChI=1S/C25H23N2.C13H24O2.Ir/c1-15(2)12-16-8-9-17-14-27-24-18-10-11-26-21-7-5-6-20(22(18)21)25(3,4)23(24)19(17)13-16;1-5-10(6-2)12(14)9-13(15)11(7-3)8-4;/h5-9,11,13-15H,12H2,1-4H3;9-11,14H,5-8H2,1-4H3;/q-1;;/b;12-9-;. The molecule has 1 aliphatic carbocycles. The summed E-state index contributed by atoms with van der Waals surface area (Å²) in [5.74, 6) is 1.19. The van der Waals surface area contributed by atoms with Crippen LogP contribution in [0.25, 0.3) is 32.9 Å². The zero-order valence-corrected chi connectivity index (χ0v) is 29.4. The number of ketones is 1. The van der Waals surface area contributed by atoms with E-state index in [0.29, 0.717) is 5.92 Å². The molecule has 0 spiro atoms. The number of fused-ring (bicyclic) bond motifs is 4. The zero-order valence-electron chi connectivity index (χ0n) is 27.0. The molecule has 0 bridgehead atoms. The smallest absolute Gasteiger partial charge is 0.162 e. The Hall–Kier alpha value is -2.88. The maximum atomic E-state index is 11.7. The third-order valence-corrected chi connectivity index (χ3v) is 8.92. The molecule has 4 aromatic rings. The third kappa shape index (κ3) is 7.10. The minimum Gasteiger partial charge on any atom is -0.512 e. The van der Waals surface area contributed by atoms with E-state index < -0.39 is 0 Å². The Morgan fingerprint density at radius 2 is 1.65 bits per heavy atom. The number of benzene rings is 2. The number of aliphatic hydroxyl groups is 1. The first-order chi connectivity index (χ1) is 20.1. The van der Waals surface area contributed by atoms with Crippen LogP contribution in [0.1, 0.15) is 97.8 Å². The monoisotopic (exact) mass is 756 g/mol. The number of allylic oxidation sites excluding steroid dienone is 2. The SMILES string of the molecule is CC(C)Cc1ccc2cnc3c(c2c1)C(C)(C)c1cccc2nc[c-]c-3c12.CCC(CC)C(=O)/C=C(\O)C(CC)CC.[Ir]. The van der Waals surface area contributed by atoms with Crippen molar-refractivity contribution in [2.45, 2.75) is 92.9 Å². The topological polar surface area (TPSA) is 63.1 Å². The van der Waals surface area contributed by atoms with Crippen LogP contribution in [0.4, 0.5) is 0 Å². The van der Waals surface area contributed by atoms with Gasteiger partial charge in [0.15, 0.2) is 5.78 Å². The predicted molar refractivity (Wildman–Crippen MR) is 176 cm³/mol. The number of hydrogen-bond donors (Lipinski definition) is 1. The van der Waals surface area contributed by atoms with E-state index >= 15 is 0 Å². The van der Waals surface area contributed by atoms with Crippen molar-refractivity contribution < 1.29 is 30.0 Å². The number of rotatable bonds is 9. The minimum absolute atomic E-state index is 0. The van der Waals surface area contributed by atoms with Crippen LogP contribution < -0.4 is 0 Å². The normalized spacial score (nSPS) is 13.6. The third-order valence-electron chi connectivity index (χ3n) is 8.92. The second kappa shape index (κ2) is 14.7. The van der Waals surface area contributed by atoms with E-state index in [-0.39, 0.29) is 48.9 Å². The van der Waals surface area contributed by atoms with Gasteiger partial charge in [0.05, 0.1) is 5.76 Å². The van der Waals surface area contributed by atoms with E-state index in [1.165, 1.54) is 38.9 Å². The molecular weight excluding hydrogens is 709 g/mol. The van der Waals surface area contributed by atoms with Crippen molar-refractivity contribution in [2.75, 3.05) is 0 Å². The molecule has 43 heavy (non-hydrogen) atoms. The Kier molecular flexibility index (Phi) is 11.9. The second-order valence-electron chi connectivity index (χ2n) is 12.6. The molecule has 5 heteroatoms. The number of aromatic nitrogens is 2. The molecule has 2 heterocycles. The van der Waals surface area contributed by atoms with Gasteiger partial charge in [-0.2, -0.15) is 11.6 Å². The van der Waals surface area contributed by atoms with Gasteiger partial charge in [-0.25, -0.2) is 0 Å². The van der Waals surface area contributed by atoms with Gasteiger partial charge >= 0.3 is 0 Å². The summed E-state index contributed by atoms with van der Waals surface area (Å²) in [5, 5.41) is 13.5. The molecule has 1 radical (unpaired) electrons. The fourth-order valence-corrected chi connectivity index (χ4v) is 6.45. The maximum absolute atomic E-state index is 11.7. The van der Waals surface area contributed by atoms with Crippen molar-refractivity contribution in [3.8, 4) is 11.3 Å². The molecule has 0 atom stereocenters. The van der Waals surface area contributed by atoms with E-state index in [4.69, 9.17) is 4.98 Å². The van der Waals surface area contributed by atoms with Crippen molar-refractivity contribution in [1.29, 1.82) is 0 Å². The molecule has 0 saturated heterocycles. The van der Waals surface area contributed by atoms with Crippen molar-refractivity contribution in [3.05, 3.63) is 83.4 Å². The molecule has 0 amide bonds. The molecule has 1 aliphatic rings. The first kappa shape index (κ1) is 34.6. The van der Waals surface area contributed by atoms with Gasteiger partial charge in [0.25, 0.3) is 0 Å². The molecule has 2 aromatic heterocycles. The van der Waals surface area contributed by atoms with Gasteiger partial charge in [-0.15, -0.1) is 0 Å². The van der Waals surface area contributed by atoms with Crippen LogP contribution in [-0.4, -0.2) is 20.9 Å². The number of pyridine rings is 2. The summed E-state index contributed by atoms with van der Waals surface area (Å²) >= 11 is 0. The van der Waals surface area contributed by atoms with Crippen molar-refractivity contribution in [1.82, 2.24) is 9.97 Å². The van der Waals surface area contributed by atoms with Gasteiger partial charge < -0.3 is 10.1 Å². The Labute approximate surface area is 271 Å². The van der Waals surface area contributed by atoms with E-state index in [9.17, 15) is 9.90 Å². The Bertz CT molecular complexity index is 1590. The fourth-order valence-electron chi connectivity index (χ4n) is 6.45. The summed E-state index contributed by atoms with van der Waals surface area (Å²) in [6, 6.07) is 16.7. The molecule has 0 fully saturated rings. The van der Waals surface area contributed by atoms with Gasteiger partial charge in [0.2, 0.25) is 0 Å². The van der Waals surface area contributed by atoms with E-state index in [0.717, 1.165) is 48.9 Å². The van der Waals surface area contributed by atoms with Crippen molar-refractivity contribution >= 4 is 27.5 Å². The van der Waals surface area contributed by atoms with Gasteiger partial charge in [0, 0.05) is 49.7 Å². The molecular formula is C38H47IrN2O2-. The number of aliphatic hydroxyl groups excluding tert-OH is 1. The van der Waals surface area contributed by atoms with Gasteiger partial charge in [-0.1, -0.05) is 102 Å². The molecule has 0 saturated carbocycles. The molecule has 1 N–H and O–H groups in total. The first-order valence-electron chi connectivity index (χ1n) is 15.7. The summed E-state index contributed by atoms with van der Waals surface area (Å²) in [6.07, 6.45) is 9.79. The zero-order chi connectivity index (χ0) is 30.6. The molecule has 5 rings (SSSR count). The Morgan fingerprint density at radius 3 is 2.28 bits per heavy atom. The van der Waals surface area contributed by atoms with Crippen molar-refractivity contribution in [2.24, 2.45) is 17.8 Å². The molecule has 231 valence electrons. The summed E-state index contributed by atoms with van der Waals surface area (Å²) in [7, 11) is 0. The molecule has 0 unspecified atom stereocenters. The average Bonchev–Trinajstić information content (AvgIpc) is 2.96. The Balaban J connectivity index is 0.000000274.